The molecule has 0 aromatic heterocycles. The normalized spacial score (nSPS) is 12.7. The van der Waals surface area contributed by atoms with Crippen molar-refractivity contribution in [2.45, 2.75) is 26.8 Å². The van der Waals surface area contributed by atoms with Gasteiger partial charge in [-0.05, 0) is 17.5 Å². The molecule has 0 saturated carbocycles. The lowest BCUT2D eigenvalue weighted by Crippen LogP contribution is -2.45. The Balaban J connectivity index is 3.03. The molecule has 0 saturated heterocycles. The minimum Gasteiger partial charge on any atom is -0.496 e. The van der Waals surface area contributed by atoms with Crippen molar-refractivity contribution in [3.8, 4) is 5.75 Å². The molecule has 1 atom stereocenters. The number of nitrogens with zero attached hydrogens (tertiary/aromatic N) is 1. The summed E-state index contributed by atoms with van der Waals surface area (Å²) in [6.45, 7) is 5.46. The minimum atomic E-state index is -0.774. The van der Waals surface area contributed by atoms with Gasteiger partial charge < -0.3 is 15.8 Å². The smallest absolute Gasteiger partial charge is 0.296 e. The van der Waals surface area contributed by atoms with E-state index in [-0.39, 0.29) is 11.4 Å². The molecule has 1 rings (SSSR count). The van der Waals surface area contributed by atoms with Crippen LogP contribution in [0.1, 0.15) is 20.8 Å². The number of carbonyl (C=O) groups excluding carboxylic acids is 1. The maximum absolute atomic E-state index is 12.0. The van der Waals surface area contributed by atoms with Crippen LogP contribution in [0.5, 0.6) is 5.75 Å². The van der Waals surface area contributed by atoms with Crippen molar-refractivity contribution >= 4 is 17.3 Å². The molecule has 7 heteroatoms. The van der Waals surface area contributed by atoms with Crippen LogP contribution in [-0.4, -0.2) is 24.0 Å². The fourth-order valence-corrected chi connectivity index (χ4v) is 1.50. The highest BCUT2D eigenvalue weighted by molar-refractivity contribution is 5.97. The van der Waals surface area contributed by atoms with Gasteiger partial charge in [-0.1, -0.05) is 20.8 Å². The van der Waals surface area contributed by atoms with Gasteiger partial charge >= 0.3 is 0 Å². The van der Waals surface area contributed by atoms with Gasteiger partial charge in [0, 0.05) is 0 Å². The van der Waals surface area contributed by atoms with Gasteiger partial charge in [-0.15, -0.1) is 0 Å². The number of nitro groups is 1. The first kappa shape index (κ1) is 15.9. The van der Waals surface area contributed by atoms with Crippen molar-refractivity contribution in [2.24, 2.45) is 11.1 Å². The van der Waals surface area contributed by atoms with E-state index in [1.54, 1.807) is 0 Å². The fraction of sp³-hybridized carbons (Fsp3) is 0.462. The Hall–Kier alpha value is -2.15. The van der Waals surface area contributed by atoms with Gasteiger partial charge in [0.2, 0.25) is 5.91 Å². The Morgan fingerprint density at radius 1 is 1.45 bits per heavy atom. The van der Waals surface area contributed by atoms with E-state index in [1.165, 1.54) is 25.3 Å². The first-order chi connectivity index (χ1) is 9.16. The number of amides is 1. The monoisotopic (exact) mass is 281 g/mol. The maximum atomic E-state index is 12.0. The molecule has 0 aliphatic carbocycles. The van der Waals surface area contributed by atoms with Crippen LogP contribution in [0.3, 0.4) is 0 Å². The molecule has 1 amide bonds. The summed E-state index contributed by atoms with van der Waals surface area (Å²) in [7, 11) is 1.41. The SMILES string of the molecule is COc1ccc(NC(=O)[C@H](N)C(C)(C)C)c([N+](=O)[O-])c1. The second kappa shape index (κ2) is 5.87. The zero-order chi connectivity index (χ0) is 15.5. The molecule has 1 aromatic rings. The van der Waals surface area contributed by atoms with Gasteiger partial charge in [-0.2, -0.15) is 0 Å². The molecule has 0 spiro atoms. The number of nitro benzene ring substituents is 1. The maximum Gasteiger partial charge on any atom is 0.296 e. The Morgan fingerprint density at radius 2 is 2.05 bits per heavy atom. The summed E-state index contributed by atoms with van der Waals surface area (Å²) < 4.78 is 4.92. The molecule has 0 radical (unpaired) electrons. The van der Waals surface area contributed by atoms with Crippen LogP contribution in [-0.2, 0) is 4.79 Å². The summed E-state index contributed by atoms with van der Waals surface area (Å²) in [5.41, 5.74) is 5.24. The zero-order valence-corrected chi connectivity index (χ0v) is 12.0. The highest BCUT2D eigenvalue weighted by atomic mass is 16.6. The summed E-state index contributed by atoms with van der Waals surface area (Å²) in [6.07, 6.45) is 0. The standard InChI is InChI=1S/C13H19N3O4/c1-13(2,3)11(14)12(17)15-9-6-5-8(20-4)7-10(9)16(18)19/h5-7,11H,14H2,1-4H3,(H,15,17)/t11-/m0/s1. The van der Waals surface area contributed by atoms with Crippen LogP contribution in [0.2, 0.25) is 0 Å². The third kappa shape index (κ3) is 3.67. The van der Waals surface area contributed by atoms with Crippen molar-refractivity contribution < 1.29 is 14.5 Å². The van der Waals surface area contributed by atoms with Crippen molar-refractivity contribution in [2.75, 3.05) is 12.4 Å². The van der Waals surface area contributed by atoms with Gasteiger partial charge in [-0.3, -0.25) is 14.9 Å². The van der Waals surface area contributed by atoms with Crippen LogP contribution >= 0.6 is 0 Å². The number of methoxy groups -OCH3 is 1. The largest absolute Gasteiger partial charge is 0.496 e. The average molecular weight is 281 g/mol. The van der Waals surface area contributed by atoms with Crippen LogP contribution in [0.25, 0.3) is 0 Å². The quantitative estimate of drug-likeness (QED) is 0.647. The Morgan fingerprint density at radius 3 is 2.50 bits per heavy atom. The second-order valence-corrected chi connectivity index (χ2v) is 5.47. The number of nitrogens with two attached hydrogens (primary N) is 1. The van der Waals surface area contributed by atoms with E-state index in [2.05, 4.69) is 5.32 Å². The van der Waals surface area contributed by atoms with Crippen LogP contribution in [0.15, 0.2) is 18.2 Å². The van der Waals surface area contributed by atoms with Crippen molar-refractivity contribution in [1.29, 1.82) is 0 Å². The number of benzene rings is 1. The molecule has 0 aliphatic heterocycles. The Kier molecular flexibility index (Phi) is 4.67. The second-order valence-electron chi connectivity index (χ2n) is 5.47. The number of anilines is 1. The van der Waals surface area contributed by atoms with E-state index in [1.807, 2.05) is 20.8 Å². The summed E-state index contributed by atoms with van der Waals surface area (Å²) >= 11 is 0. The van der Waals surface area contributed by atoms with E-state index in [0.29, 0.717) is 5.75 Å². The van der Waals surface area contributed by atoms with Gasteiger partial charge in [0.05, 0.1) is 24.1 Å². The fourth-order valence-electron chi connectivity index (χ4n) is 1.50. The molecule has 0 unspecified atom stereocenters. The lowest BCUT2D eigenvalue weighted by Gasteiger charge is -2.25. The van der Waals surface area contributed by atoms with Crippen LogP contribution in [0.4, 0.5) is 11.4 Å². The Bertz CT molecular complexity index is 523. The number of hydrogen-bond donors (Lipinski definition) is 2. The van der Waals surface area contributed by atoms with E-state index in [0.717, 1.165) is 0 Å². The van der Waals surface area contributed by atoms with Crippen LogP contribution < -0.4 is 15.8 Å². The molecule has 7 nitrogen and oxygen atoms in total. The first-order valence-corrected chi connectivity index (χ1v) is 6.05. The van der Waals surface area contributed by atoms with Gasteiger partial charge in [0.15, 0.2) is 0 Å². The number of rotatable bonds is 4. The van der Waals surface area contributed by atoms with Gasteiger partial charge in [0.25, 0.3) is 5.69 Å². The van der Waals surface area contributed by atoms with E-state index in [9.17, 15) is 14.9 Å². The lowest BCUT2D eigenvalue weighted by molar-refractivity contribution is -0.384. The molecule has 20 heavy (non-hydrogen) atoms. The molecule has 0 heterocycles. The molecular formula is C13H19N3O4. The first-order valence-electron chi connectivity index (χ1n) is 6.05. The van der Waals surface area contributed by atoms with E-state index < -0.39 is 22.3 Å². The highest BCUT2D eigenvalue weighted by Crippen LogP contribution is 2.29. The highest BCUT2D eigenvalue weighted by Gasteiger charge is 2.29. The molecule has 0 bridgehead atoms. The van der Waals surface area contributed by atoms with Crippen LogP contribution in [0, 0.1) is 15.5 Å². The van der Waals surface area contributed by atoms with Gasteiger partial charge in [-0.25, -0.2) is 0 Å². The molecule has 3 N–H and O–H groups in total. The zero-order valence-electron chi connectivity index (χ0n) is 12.0. The lowest BCUT2D eigenvalue weighted by atomic mass is 9.87. The predicted molar refractivity (Wildman–Crippen MR) is 75.7 cm³/mol. The third-order valence-corrected chi connectivity index (χ3v) is 2.87. The number of ether oxygens (including phenoxy) is 1. The Labute approximate surface area is 117 Å². The summed E-state index contributed by atoms with van der Waals surface area (Å²) in [5.74, 6) is -0.124. The summed E-state index contributed by atoms with van der Waals surface area (Å²) in [4.78, 5) is 22.4. The molecule has 0 fully saturated rings. The van der Waals surface area contributed by atoms with Crippen molar-refractivity contribution in [3.63, 3.8) is 0 Å². The van der Waals surface area contributed by atoms with E-state index >= 15 is 0 Å². The van der Waals surface area contributed by atoms with E-state index in [4.69, 9.17) is 10.5 Å². The number of hydrogen-bond acceptors (Lipinski definition) is 5. The van der Waals surface area contributed by atoms with Crippen molar-refractivity contribution in [1.82, 2.24) is 0 Å². The average Bonchev–Trinajstić information content (AvgIpc) is 2.36. The number of carbonyl (C=O) groups is 1. The molecule has 110 valence electrons. The summed E-state index contributed by atoms with van der Waals surface area (Å²) in [5, 5.41) is 13.5. The molecule has 1 aromatic carbocycles. The molecular weight excluding hydrogens is 262 g/mol. The summed E-state index contributed by atoms with van der Waals surface area (Å²) in [6, 6.07) is 3.43. The minimum absolute atomic E-state index is 0.0977. The molecule has 0 aliphatic rings. The number of nitrogens with one attached hydrogen (secondary N) is 1. The third-order valence-electron chi connectivity index (χ3n) is 2.87. The topological polar surface area (TPSA) is 107 Å². The van der Waals surface area contributed by atoms with Gasteiger partial charge in [0.1, 0.15) is 11.4 Å². The van der Waals surface area contributed by atoms with Crippen molar-refractivity contribution in [3.05, 3.63) is 28.3 Å². The predicted octanol–water partition coefficient (Wildman–Crippen LogP) is 1.92.